The highest BCUT2D eigenvalue weighted by molar-refractivity contribution is 5.83. The van der Waals surface area contributed by atoms with Crippen LogP contribution in [-0.4, -0.2) is 17.9 Å². The monoisotopic (exact) mass is 332 g/mol. The van der Waals surface area contributed by atoms with Gasteiger partial charge in [-0.05, 0) is 61.7 Å². The number of fused-ring (bicyclic) bond motifs is 5. The first-order valence-electron chi connectivity index (χ1n) is 10.1. The van der Waals surface area contributed by atoms with Gasteiger partial charge in [0.25, 0.3) is 0 Å². The van der Waals surface area contributed by atoms with Gasteiger partial charge in [-0.25, -0.2) is 0 Å². The van der Waals surface area contributed by atoms with Crippen molar-refractivity contribution in [1.29, 1.82) is 0 Å². The van der Waals surface area contributed by atoms with Gasteiger partial charge >= 0.3 is 5.97 Å². The Morgan fingerprint density at radius 2 is 1.75 bits per heavy atom. The Morgan fingerprint density at radius 3 is 2.50 bits per heavy atom. The van der Waals surface area contributed by atoms with Crippen molar-refractivity contribution in [3.8, 4) is 0 Å². The van der Waals surface area contributed by atoms with E-state index in [1.165, 1.54) is 32.6 Å². The number of hydrogen-bond donors (Lipinski definition) is 0. The Balaban J connectivity index is 1.63. The second-order valence-corrected chi connectivity index (χ2v) is 9.57. The first-order valence-corrected chi connectivity index (χ1v) is 10.1. The molecule has 0 spiro atoms. The van der Waals surface area contributed by atoms with E-state index in [9.17, 15) is 9.59 Å². The minimum atomic E-state index is -0.150. The van der Waals surface area contributed by atoms with Crippen LogP contribution in [0.5, 0.6) is 0 Å². The number of ether oxygens (including phenoxy) is 1. The fourth-order valence-electron chi connectivity index (χ4n) is 7.44. The van der Waals surface area contributed by atoms with E-state index >= 15 is 0 Å². The van der Waals surface area contributed by atoms with E-state index in [1.807, 2.05) is 0 Å². The molecule has 4 aliphatic carbocycles. The maximum absolute atomic E-state index is 13.0. The molecule has 3 nitrogen and oxygen atoms in total. The van der Waals surface area contributed by atoms with Crippen LogP contribution in [0.15, 0.2) is 0 Å². The van der Waals surface area contributed by atoms with E-state index < -0.39 is 0 Å². The Morgan fingerprint density at radius 1 is 1.00 bits per heavy atom. The lowest BCUT2D eigenvalue weighted by atomic mass is 9.45. The van der Waals surface area contributed by atoms with Gasteiger partial charge in [0.2, 0.25) is 0 Å². The molecule has 4 saturated carbocycles. The average molecular weight is 332 g/mol. The molecule has 4 aliphatic rings. The molecule has 0 aromatic carbocycles. The quantitative estimate of drug-likeness (QED) is 0.663. The lowest BCUT2D eigenvalue weighted by Crippen LogP contribution is -2.56. The standard InChI is InChI=1S/C21H32O3/c1-13(22)24-19-8-7-15-14-12-18(23)17-6-4-5-10-20(17,2)16(14)9-11-21(15,19)3/h14-17,19H,4-12H2,1-3H3/t14-,15+,16+,17+,19+,20+,21+/m0/s1. The molecule has 4 fully saturated rings. The van der Waals surface area contributed by atoms with E-state index in [4.69, 9.17) is 4.74 Å². The molecule has 0 saturated heterocycles. The van der Waals surface area contributed by atoms with Gasteiger partial charge < -0.3 is 4.74 Å². The van der Waals surface area contributed by atoms with Crippen molar-refractivity contribution in [3.63, 3.8) is 0 Å². The number of hydrogen-bond acceptors (Lipinski definition) is 3. The largest absolute Gasteiger partial charge is 0.462 e. The summed E-state index contributed by atoms with van der Waals surface area (Å²) in [5, 5.41) is 0. The molecule has 4 rings (SSSR count). The molecule has 0 heterocycles. The van der Waals surface area contributed by atoms with Crippen LogP contribution < -0.4 is 0 Å². The summed E-state index contributed by atoms with van der Waals surface area (Å²) < 4.78 is 5.70. The van der Waals surface area contributed by atoms with Gasteiger partial charge in [0.05, 0.1) is 0 Å². The normalized spacial score (nSPS) is 50.6. The van der Waals surface area contributed by atoms with Crippen LogP contribution in [0.1, 0.15) is 78.6 Å². The molecule has 0 radical (unpaired) electrons. The first kappa shape index (κ1) is 16.6. The molecule has 0 N–H and O–H groups in total. The molecule has 24 heavy (non-hydrogen) atoms. The van der Waals surface area contributed by atoms with Gasteiger partial charge in [-0.3, -0.25) is 9.59 Å². The Hall–Kier alpha value is -0.860. The third kappa shape index (κ3) is 2.22. The molecule has 0 unspecified atom stereocenters. The van der Waals surface area contributed by atoms with E-state index in [0.717, 1.165) is 32.1 Å². The Labute approximate surface area is 145 Å². The second kappa shape index (κ2) is 5.57. The maximum Gasteiger partial charge on any atom is 0.302 e. The Kier molecular flexibility index (Phi) is 3.85. The molecule has 7 atom stereocenters. The SMILES string of the molecule is CC(=O)O[C@@H]1CC[C@@H]2[C@@H]3CC(=O)[C@H]4CCCC[C@]4(C)[C@@H]3CC[C@]21C. The number of carbonyl (C=O) groups is 2. The lowest BCUT2D eigenvalue weighted by Gasteiger charge is -2.59. The molecule has 0 aromatic heterocycles. The fourth-order valence-corrected chi connectivity index (χ4v) is 7.44. The van der Waals surface area contributed by atoms with Crippen LogP contribution in [0.3, 0.4) is 0 Å². The number of ketones is 1. The molecular weight excluding hydrogens is 300 g/mol. The van der Waals surface area contributed by atoms with Gasteiger partial charge in [-0.1, -0.05) is 26.7 Å². The summed E-state index contributed by atoms with van der Waals surface area (Å²) in [6.45, 7) is 6.28. The summed E-state index contributed by atoms with van der Waals surface area (Å²) in [7, 11) is 0. The van der Waals surface area contributed by atoms with Crippen molar-refractivity contribution in [2.24, 2.45) is 34.5 Å². The second-order valence-electron chi connectivity index (χ2n) is 9.57. The molecule has 0 aromatic rings. The van der Waals surface area contributed by atoms with Crippen LogP contribution in [0, 0.1) is 34.5 Å². The Bertz CT molecular complexity index is 555. The summed E-state index contributed by atoms with van der Waals surface area (Å²) >= 11 is 0. The fraction of sp³-hybridized carbons (Fsp3) is 0.905. The average Bonchev–Trinajstić information content (AvgIpc) is 2.84. The van der Waals surface area contributed by atoms with E-state index in [2.05, 4.69) is 13.8 Å². The van der Waals surface area contributed by atoms with Crippen molar-refractivity contribution >= 4 is 11.8 Å². The van der Waals surface area contributed by atoms with Crippen molar-refractivity contribution < 1.29 is 14.3 Å². The van der Waals surface area contributed by atoms with Crippen LogP contribution in [0.2, 0.25) is 0 Å². The van der Waals surface area contributed by atoms with Gasteiger partial charge in [0.1, 0.15) is 11.9 Å². The topological polar surface area (TPSA) is 43.4 Å². The smallest absolute Gasteiger partial charge is 0.302 e. The molecule has 0 bridgehead atoms. The molecule has 0 aliphatic heterocycles. The minimum absolute atomic E-state index is 0.0629. The van der Waals surface area contributed by atoms with Crippen molar-refractivity contribution in [2.75, 3.05) is 0 Å². The zero-order valence-electron chi connectivity index (χ0n) is 15.5. The van der Waals surface area contributed by atoms with Gasteiger partial charge in [0.15, 0.2) is 0 Å². The number of Topliss-reactive ketones (excluding diaryl/α,β-unsaturated/α-hetero) is 1. The predicted molar refractivity (Wildman–Crippen MR) is 92.3 cm³/mol. The van der Waals surface area contributed by atoms with Gasteiger partial charge in [0, 0.05) is 24.7 Å². The summed E-state index contributed by atoms with van der Waals surface area (Å²) in [5.74, 6) is 2.50. The number of rotatable bonds is 1. The summed E-state index contributed by atoms with van der Waals surface area (Å²) in [4.78, 5) is 24.5. The zero-order chi connectivity index (χ0) is 17.1. The predicted octanol–water partition coefficient (Wildman–Crippen LogP) is 4.53. The van der Waals surface area contributed by atoms with Crippen LogP contribution in [-0.2, 0) is 14.3 Å². The summed E-state index contributed by atoms with van der Waals surface area (Å²) in [6, 6.07) is 0. The van der Waals surface area contributed by atoms with E-state index in [-0.39, 0.29) is 22.9 Å². The molecule has 0 amide bonds. The third-order valence-corrected chi connectivity index (χ3v) is 8.59. The summed E-state index contributed by atoms with van der Waals surface area (Å²) in [5.41, 5.74) is 0.323. The maximum atomic E-state index is 13.0. The number of esters is 1. The highest BCUT2D eigenvalue weighted by atomic mass is 16.5. The highest BCUT2D eigenvalue weighted by Crippen LogP contribution is 2.65. The van der Waals surface area contributed by atoms with E-state index in [1.54, 1.807) is 0 Å². The van der Waals surface area contributed by atoms with E-state index in [0.29, 0.717) is 29.5 Å². The van der Waals surface area contributed by atoms with Crippen LogP contribution in [0.25, 0.3) is 0 Å². The minimum Gasteiger partial charge on any atom is -0.462 e. The van der Waals surface area contributed by atoms with Crippen molar-refractivity contribution in [2.45, 2.75) is 84.7 Å². The molecular formula is C21H32O3. The van der Waals surface area contributed by atoms with Gasteiger partial charge in [-0.15, -0.1) is 0 Å². The highest BCUT2D eigenvalue weighted by Gasteiger charge is 2.62. The summed E-state index contributed by atoms with van der Waals surface area (Å²) in [6.07, 6.45) is 10.2. The number of carbonyl (C=O) groups excluding carboxylic acids is 2. The first-order chi connectivity index (χ1) is 11.4. The van der Waals surface area contributed by atoms with Crippen LogP contribution in [0.4, 0.5) is 0 Å². The van der Waals surface area contributed by atoms with Crippen LogP contribution >= 0.6 is 0 Å². The third-order valence-electron chi connectivity index (χ3n) is 8.59. The molecule has 3 heteroatoms. The van der Waals surface area contributed by atoms with Gasteiger partial charge in [-0.2, -0.15) is 0 Å². The zero-order valence-corrected chi connectivity index (χ0v) is 15.5. The van der Waals surface area contributed by atoms with Crippen molar-refractivity contribution in [3.05, 3.63) is 0 Å². The molecule has 134 valence electrons. The lowest BCUT2D eigenvalue weighted by molar-refractivity contribution is -0.166. The van der Waals surface area contributed by atoms with Crippen molar-refractivity contribution in [1.82, 2.24) is 0 Å².